The maximum absolute atomic E-state index is 13.2. The number of amides is 2. The summed E-state index contributed by atoms with van der Waals surface area (Å²) in [5.41, 5.74) is 13.2. The lowest BCUT2D eigenvalue weighted by Crippen LogP contribution is -2.15. The topological polar surface area (TPSA) is 142 Å². The van der Waals surface area contributed by atoms with E-state index in [9.17, 15) is 18.4 Å². The van der Waals surface area contributed by atoms with Gasteiger partial charge in [0, 0.05) is 24.6 Å². The van der Waals surface area contributed by atoms with Crippen LogP contribution in [-0.4, -0.2) is 26.8 Å². The van der Waals surface area contributed by atoms with E-state index in [2.05, 4.69) is 20.1 Å². The first kappa shape index (κ1) is 21.9. The third-order valence-corrected chi connectivity index (χ3v) is 4.49. The van der Waals surface area contributed by atoms with Gasteiger partial charge in [0.1, 0.15) is 17.1 Å². The third-order valence-electron chi connectivity index (χ3n) is 4.49. The second-order valence-corrected chi connectivity index (χ2v) is 7.40. The van der Waals surface area contributed by atoms with E-state index in [1.807, 2.05) is 13.8 Å². The van der Waals surface area contributed by atoms with Crippen molar-refractivity contribution in [1.82, 2.24) is 14.9 Å². The van der Waals surface area contributed by atoms with Gasteiger partial charge in [0.2, 0.25) is 11.7 Å². The Morgan fingerprint density at radius 1 is 1.26 bits per heavy atom. The van der Waals surface area contributed by atoms with Crippen molar-refractivity contribution in [2.24, 2.45) is 5.73 Å². The van der Waals surface area contributed by atoms with Crippen molar-refractivity contribution < 1.29 is 22.9 Å². The maximum Gasteiger partial charge on any atom is 0.304 e. The monoisotopic (exact) mass is 432 g/mol. The molecule has 31 heavy (non-hydrogen) atoms. The lowest BCUT2D eigenvalue weighted by molar-refractivity contribution is -0.115. The molecule has 0 fully saturated rings. The van der Waals surface area contributed by atoms with Gasteiger partial charge in [-0.05, 0) is 19.4 Å². The molecule has 0 spiro atoms. The summed E-state index contributed by atoms with van der Waals surface area (Å²) in [5, 5.41) is 10.2. The fraction of sp³-hybridized carbons (Fsp3) is 0.300. The zero-order chi connectivity index (χ0) is 22.9. The highest BCUT2D eigenvalue weighted by atomic mass is 19.3. The van der Waals surface area contributed by atoms with E-state index in [1.165, 1.54) is 4.68 Å². The molecule has 0 unspecified atom stereocenters. The Balaban J connectivity index is 1.75. The molecule has 9 nitrogen and oxygen atoms in total. The van der Waals surface area contributed by atoms with Crippen LogP contribution in [0.5, 0.6) is 0 Å². The SMILES string of the molecule is CC(C)n1nc(-c2ccc(CC(=O)Nc3cc(C(C)(F)F)on3)cc2)c(C(N)=O)c1N. The fourth-order valence-corrected chi connectivity index (χ4v) is 2.98. The summed E-state index contributed by atoms with van der Waals surface area (Å²) < 4.78 is 32.4. The van der Waals surface area contributed by atoms with E-state index in [4.69, 9.17) is 11.5 Å². The number of nitrogens with zero attached hydrogens (tertiary/aromatic N) is 3. The lowest BCUT2D eigenvalue weighted by atomic mass is 10.0. The molecule has 2 aromatic heterocycles. The smallest absolute Gasteiger partial charge is 0.304 e. The molecule has 2 amide bonds. The largest absolute Gasteiger partial charge is 0.383 e. The van der Waals surface area contributed by atoms with Crippen LogP contribution < -0.4 is 16.8 Å². The number of benzene rings is 1. The van der Waals surface area contributed by atoms with Gasteiger partial charge < -0.3 is 21.3 Å². The van der Waals surface area contributed by atoms with Gasteiger partial charge in [-0.2, -0.15) is 13.9 Å². The van der Waals surface area contributed by atoms with Crippen molar-refractivity contribution in [2.75, 3.05) is 11.1 Å². The van der Waals surface area contributed by atoms with Gasteiger partial charge >= 0.3 is 5.92 Å². The molecule has 3 aromatic rings. The van der Waals surface area contributed by atoms with E-state index in [1.54, 1.807) is 24.3 Å². The number of aromatic nitrogens is 3. The number of halogens is 2. The van der Waals surface area contributed by atoms with Crippen molar-refractivity contribution in [2.45, 2.75) is 39.2 Å². The van der Waals surface area contributed by atoms with Crippen molar-refractivity contribution in [1.29, 1.82) is 0 Å². The van der Waals surface area contributed by atoms with Crippen LogP contribution >= 0.6 is 0 Å². The van der Waals surface area contributed by atoms with Gasteiger partial charge in [-0.15, -0.1) is 0 Å². The molecule has 5 N–H and O–H groups in total. The van der Waals surface area contributed by atoms with Crippen LogP contribution in [-0.2, 0) is 17.1 Å². The number of nitrogens with one attached hydrogen (secondary N) is 1. The first-order chi connectivity index (χ1) is 14.5. The predicted molar refractivity (Wildman–Crippen MR) is 109 cm³/mol. The summed E-state index contributed by atoms with van der Waals surface area (Å²) in [6, 6.07) is 7.64. The minimum Gasteiger partial charge on any atom is -0.383 e. The van der Waals surface area contributed by atoms with E-state index in [-0.39, 0.29) is 29.7 Å². The molecule has 0 saturated carbocycles. The molecule has 1 aromatic carbocycles. The number of anilines is 2. The fourth-order valence-electron chi connectivity index (χ4n) is 2.98. The Kier molecular flexibility index (Phi) is 5.78. The number of hydrogen-bond acceptors (Lipinski definition) is 6. The predicted octanol–water partition coefficient (Wildman–Crippen LogP) is 3.09. The highest BCUT2D eigenvalue weighted by Gasteiger charge is 2.30. The zero-order valence-electron chi connectivity index (χ0n) is 17.1. The highest BCUT2D eigenvalue weighted by Crippen LogP contribution is 2.30. The summed E-state index contributed by atoms with van der Waals surface area (Å²) in [6.07, 6.45) is -0.0315. The molecular formula is C20H22F2N6O3. The van der Waals surface area contributed by atoms with Crippen molar-refractivity contribution in [3.63, 3.8) is 0 Å². The number of primary amides is 1. The van der Waals surface area contributed by atoms with Crippen molar-refractivity contribution in [3.05, 3.63) is 47.2 Å². The molecule has 3 rings (SSSR count). The van der Waals surface area contributed by atoms with Gasteiger partial charge in [-0.3, -0.25) is 9.59 Å². The van der Waals surface area contributed by atoms with E-state index < -0.39 is 23.5 Å². The van der Waals surface area contributed by atoms with E-state index >= 15 is 0 Å². The first-order valence-corrected chi connectivity index (χ1v) is 9.39. The maximum atomic E-state index is 13.2. The standard InChI is InChI=1S/C20H22F2N6O3/c1-10(2)28-18(23)16(19(24)30)17(26-28)12-6-4-11(5-7-12)8-15(29)25-14-9-13(31-27-14)20(3,21)22/h4-7,9-10H,8,23H2,1-3H3,(H2,24,30)(H,25,27,29). The summed E-state index contributed by atoms with van der Waals surface area (Å²) in [7, 11) is 0. The van der Waals surface area contributed by atoms with Crippen molar-refractivity contribution in [3.8, 4) is 11.3 Å². The lowest BCUT2D eigenvalue weighted by Gasteiger charge is -2.07. The van der Waals surface area contributed by atoms with Crippen LogP contribution in [0, 0.1) is 0 Å². The molecule has 11 heteroatoms. The van der Waals surface area contributed by atoms with E-state index in [0.717, 1.165) is 6.07 Å². The zero-order valence-corrected chi connectivity index (χ0v) is 17.1. The number of hydrogen-bond donors (Lipinski definition) is 3. The Bertz CT molecular complexity index is 1110. The number of alkyl halides is 2. The summed E-state index contributed by atoms with van der Waals surface area (Å²) in [5.74, 6) is -4.89. The first-order valence-electron chi connectivity index (χ1n) is 9.39. The molecule has 0 aliphatic carbocycles. The van der Waals surface area contributed by atoms with Gasteiger partial charge in [-0.25, -0.2) is 4.68 Å². The normalized spacial score (nSPS) is 11.7. The van der Waals surface area contributed by atoms with Crippen molar-refractivity contribution >= 4 is 23.5 Å². The Morgan fingerprint density at radius 3 is 2.42 bits per heavy atom. The second kappa shape index (κ2) is 8.17. The Labute approximate surface area is 176 Å². The average Bonchev–Trinajstić information content (AvgIpc) is 3.26. The third kappa shape index (κ3) is 4.71. The molecule has 0 bridgehead atoms. The van der Waals surface area contributed by atoms with Crippen LogP contribution in [0.3, 0.4) is 0 Å². The van der Waals surface area contributed by atoms with E-state index in [0.29, 0.717) is 23.7 Å². The van der Waals surface area contributed by atoms with Crippen LogP contribution in [0.4, 0.5) is 20.4 Å². The van der Waals surface area contributed by atoms with Crippen LogP contribution in [0.15, 0.2) is 34.9 Å². The number of nitrogens with two attached hydrogens (primary N) is 2. The summed E-state index contributed by atoms with van der Waals surface area (Å²) in [4.78, 5) is 24.1. The Hall–Kier alpha value is -3.76. The van der Waals surface area contributed by atoms with Crippen LogP contribution in [0.2, 0.25) is 0 Å². The summed E-state index contributed by atoms with van der Waals surface area (Å²) >= 11 is 0. The second-order valence-electron chi connectivity index (χ2n) is 7.40. The van der Waals surface area contributed by atoms with Gasteiger partial charge in [-0.1, -0.05) is 29.4 Å². The molecule has 0 radical (unpaired) electrons. The molecule has 0 saturated heterocycles. The number of carbonyl (C=O) groups excluding carboxylic acids is 2. The quantitative estimate of drug-likeness (QED) is 0.524. The molecule has 0 atom stereocenters. The van der Waals surface area contributed by atoms with Gasteiger partial charge in [0.25, 0.3) is 5.91 Å². The Morgan fingerprint density at radius 2 is 1.90 bits per heavy atom. The minimum atomic E-state index is -3.19. The number of carbonyl (C=O) groups is 2. The summed E-state index contributed by atoms with van der Waals surface area (Å²) in [6.45, 7) is 4.42. The average molecular weight is 432 g/mol. The number of nitrogen functional groups attached to an aromatic ring is 1. The molecule has 0 aliphatic rings. The van der Waals surface area contributed by atoms with Gasteiger partial charge in [0.05, 0.1) is 6.42 Å². The van der Waals surface area contributed by atoms with Gasteiger partial charge in [0.15, 0.2) is 5.82 Å². The highest BCUT2D eigenvalue weighted by molar-refractivity contribution is 6.03. The molecule has 164 valence electrons. The molecular weight excluding hydrogens is 410 g/mol. The van der Waals surface area contributed by atoms with Crippen LogP contribution in [0.25, 0.3) is 11.3 Å². The molecule has 0 aliphatic heterocycles. The van der Waals surface area contributed by atoms with Crippen LogP contribution in [0.1, 0.15) is 48.5 Å². The number of rotatable bonds is 7. The molecule has 2 heterocycles. The minimum absolute atomic E-state index is 0.0315.